The number of halogens is 1. The highest BCUT2D eigenvalue weighted by Crippen LogP contribution is 2.32. The Hall–Kier alpha value is -0.780. The van der Waals surface area contributed by atoms with Gasteiger partial charge in [0.05, 0.1) is 10.7 Å². The van der Waals surface area contributed by atoms with Gasteiger partial charge >= 0.3 is 0 Å². The van der Waals surface area contributed by atoms with Crippen LogP contribution < -0.4 is 10.5 Å². The van der Waals surface area contributed by atoms with E-state index in [9.17, 15) is 8.42 Å². The summed E-state index contributed by atoms with van der Waals surface area (Å²) in [5.74, 6) is 0. The first-order valence-electron chi connectivity index (χ1n) is 4.56. The van der Waals surface area contributed by atoms with Gasteiger partial charge in [0, 0.05) is 6.04 Å². The first-order valence-corrected chi connectivity index (χ1v) is 6.49. The van der Waals surface area contributed by atoms with E-state index in [4.69, 9.17) is 16.7 Å². The lowest BCUT2D eigenvalue weighted by atomic mass is 10.3. The van der Waals surface area contributed by atoms with Crippen molar-refractivity contribution in [1.82, 2.24) is 0 Å². The fraction of sp³-hybridized carbons (Fsp3) is 0.333. The zero-order valence-electron chi connectivity index (χ0n) is 7.90. The summed E-state index contributed by atoms with van der Waals surface area (Å²) < 4.78 is 22.7. The zero-order chi connectivity index (χ0) is 11.1. The van der Waals surface area contributed by atoms with Crippen LogP contribution >= 0.6 is 11.6 Å². The number of sulfonamides is 1. The average Bonchev–Trinajstić information content (AvgIpc) is 2.85. The van der Waals surface area contributed by atoms with E-state index < -0.39 is 10.0 Å². The third kappa shape index (κ3) is 2.42. The van der Waals surface area contributed by atoms with E-state index in [1.807, 2.05) is 0 Å². The van der Waals surface area contributed by atoms with E-state index in [1.54, 1.807) is 12.1 Å². The number of nitrogens with one attached hydrogen (secondary N) is 1. The van der Waals surface area contributed by atoms with Crippen molar-refractivity contribution in [2.24, 2.45) is 5.14 Å². The molecular formula is C9H11ClN2O2S. The Kier molecular flexibility index (Phi) is 2.62. The van der Waals surface area contributed by atoms with Gasteiger partial charge in [-0.2, -0.15) is 0 Å². The number of hydrogen-bond donors (Lipinski definition) is 2. The lowest BCUT2D eigenvalue weighted by Gasteiger charge is -2.10. The molecule has 82 valence electrons. The molecule has 1 saturated carbocycles. The molecule has 0 radical (unpaired) electrons. The van der Waals surface area contributed by atoms with Gasteiger partial charge in [-0.15, -0.1) is 0 Å². The van der Waals surface area contributed by atoms with Crippen molar-refractivity contribution in [2.45, 2.75) is 23.8 Å². The van der Waals surface area contributed by atoms with Gasteiger partial charge in [-0.05, 0) is 25.0 Å². The molecule has 1 fully saturated rings. The Morgan fingerprint density at radius 3 is 2.60 bits per heavy atom. The van der Waals surface area contributed by atoms with E-state index >= 15 is 0 Å². The van der Waals surface area contributed by atoms with Crippen molar-refractivity contribution in [3.05, 3.63) is 23.2 Å². The molecule has 1 aromatic carbocycles. The topological polar surface area (TPSA) is 72.2 Å². The molecule has 0 spiro atoms. The molecule has 0 unspecified atom stereocenters. The first-order chi connectivity index (χ1) is 6.98. The lowest BCUT2D eigenvalue weighted by molar-refractivity contribution is 0.598. The monoisotopic (exact) mass is 246 g/mol. The van der Waals surface area contributed by atoms with Crippen molar-refractivity contribution in [2.75, 3.05) is 5.32 Å². The van der Waals surface area contributed by atoms with Crippen LogP contribution in [0.4, 0.5) is 5.69 Å². The van der Waals surface area contributed by atoms with Crippen LogP contribution in [0.15, 0.2) is 23.1 Å². The number of nitrogens with two attached hydrogens (primary N) is 1. The zero-order valence-corrected chi connectivity index (χ0v) is 9.48. The van der Waals surface area contributed by atoms with Crippen LogP contribution in [-0.2, 0) is 10.0 Å². The summed E-state index contributed by atoms with van der Waals surface area (Å²) >= 11 is 5.82. The fourth-order valence-electron chi connectivity index (χ4n) is 1.36. The van der Waals surface area contributed by atoms with E-state index in [1.165, 1.54) is 6.07 Å². The second kappa shape index (κ2) is 3.66. The summed E-state index contributed by atoms with van der Waals surface area (Å²) in [5.41, 5.74) is 0.493. The number of anilines is 1. The van der Waals surface area contributed by atoms with Gasteiger partial charge in [0.15, 0.2) is 0 Å². The summed E-state index contributed by atoms with van der Waals surface area (Å²) in [7, 11) is -3.78. The van der Waals surface area contributed by atoms with Gasteiger partial charge in [0.2, 0.25) is 10.0 Å². The maximum absolute atomic E-state index is 11.3. The van der Waals surface area contributed by atoms with E-state index in [2.05, 4.69) is 5.32 Å². The molecular weight excluding hydrogens is 236 g/mol. The molecule has 0 aromatic heterocycles. The number of primary sulfonamides is 1. The fourth-order valence-corrected chi connectivity index (χ4v) is 2.63. The third-order valence-corrected chi connectivity index (χ3v) is 3.62. The Morgan fingerprint density at radius 1 is 1.40 bits per heavy atom. The molecule has 0 saturated heterocycles. The second-order valence-electron chi connectivity index (χ2n) is 3.58. The van der Waals surface area contributed by atoms with E-state index in [0.717, 1.165) is 12.8 Å². The molecule has 15 heavy (non-hydrogen) atoms. The lowest BCUT2D eigenvalue weighted by Crippen LogP contribution is -2.16. The van der Waals surface area contributed by atoms with Crippen LogP contribution in [0, 0.1) is 0 Å². The molecule has 0 bridgehead atoms. The van der Waals surface area contributed by atoms with E-state index in [0.29, 0.717) is 11.7 Å². The van der Waals surface area contributed by atoms with Crippen molar-refractivity contribution >= 4 is 27.3 Å². The number of benzene rings is 1. The predicted octanol–water partition coefficient (Wildman–Crippen LogP) is 1.56. The van der Waals surface area contributed by atoms with Crippen molar-refractivity contribution in [3.8, 4) is 0 Å². The first kappa shape index (κ1) is 10.7. The maximum Gasteiger partial charge on any atom is 0.241 e. The highest BCUT2D eigenvalue weighted by Gasteiger charge is 2.25. The van der Waals surface area contributed by atoms with Crippen LogP contribution in [0.2, 0.25) is 5.02 Å². The average molecular weight is 247 g/mol. The van der Waals surface area contributed by atoms with Crippen molar-refractivity contribution < 1.29 is 8.42 Å². The minimum Gasteiger partial charge on any atom is -0.381 e. The van der Waals surface area contributed by atoms with Crippen LogP contribution in [-0.4, -0.2) is 14.5 Å². The van der Waals surface area contributed by atoms with Crippen LogP contribution in [0.1, 0.15) is 12.8 Å². The summed E-state index contributed by atoms with van der Waals surface area (Å²) in [6, 6.07) is 5.23. The minimum absolute atomic E-state index is 0.0152. The molecule has 1 aliphatic carbocycles. The molecule has 1 aromatic rings. The van der Waals surface area contributed by atoms with Gasteiger partial charge in [-0.1, -0.05) is 17.7 Å². The Balaban J connectivity index is 2.47. The molecule has 3 N–H and O–H groups in total. The Labute approximate surface area is 93.5 Å². The van der Waals surface area contributed by atoms with Gasteiger partial charge in [0.25, 0.3) is 0 Å². The van der Waals surface area contributed by atoms with Crippen molar-refractivity contribution in [1.29, 1.82) is 0 Å². The Bertz CT molecular complexity index is 483. The smallest absolute Gasteiger partial charge is 0.241 e. The molecule has 4 nitrogen and oxygen atoms in total. The molecule has 6 heteroatoms. The van der Waals surface area contributed by atoms with Crippen LogP contribution in [0.25, 0.3) is 0 Å². The predicted molar refractivity (Wildman–Crippen MR) is 59.5 cm³/mol. The molecule has 2 rings (SSSR count). The normalized spacial score (nSPS) is 16.4. The summed E-state index contributed by atoms with van der Waals surface area (Å²) in [6.07, 6.45) is 2.10. The highest BCUT2D eigenvalue weighted by atomic mass is 35.5. The molecule has 0 heterocycles. The molecule has 0 aliphatic heterocycles. The Morgan fingerprint density at radius 2 is 2.07 bits per heavy atom. The standard InChI is InChI=1S/C9H11ClN2O2S/c10-7-2-1-3-8(12-6-4-5-6)9(7)15(11,13)14/h1-3,6,12H,4-5H2,(H2,11,13,14). The summed E-state index contributed by atoms with van der Waals surface area (Å²) in [6.45, 7) is 0. The van der Waals surface area contributed by atoms with Crippen LogP contribution in [0.3, 0.4) is 0 Å². The van der Waals surface area contributed by atoms with Gasteiger partial charge in [0.1, 0.15) is 4.90 Å². The van der Waals surface area contributed by atoms with Crippen molar-refractivity contribution in [3.63, 3.8) is 0 Å². The minimum atomic E-state index is -3.78. The molecule has 1 aliphatic rings. The quantitative estimate of drug-likeness (QED) is 0.850. The largest absolute Gasteiger partial charge is 0.381 e. The summed E-state index contributed by atoms with van der Waals surface area (Å²) in [4.78, 5) is -0.0152. The molecule has 0 amide bonds. The maximum atomic E-state index is 11.3. The van der Waals surface area contributed by atoms with E-state index in [-0.39, 0.29) is 9.92 Å². The third-order valence-electron chi connectivity index (χ3n) is 2.19. The van der Waals surface area contributed by atoms with Gasteiger partial charge < -0.3 is 5.32 Å². The number of hydrogen-bond acceptors (Lipinski definition) is 3. The summed E-state index contributed by atoms with van der Waals surface area (Å²) in [5, 5.41) is 8.35. The molecule has 0 atom stereocenters. The highest BCUT2D eigenvalue weighted by molar-refractivity contribution is 7.89. The van der Waals surface area contributed by atoms with Gasteiger partial charge in [-0.3, -0.25) is 0 Å². The van der Waals surface area contributed by atoms with Crippen LogP contribution in [0.5, 0.6) is 0 Å². The second-order valence-corrected chi connectivity index (χ2v) is 5.49. The SMILES string of the molecule is NS(=O)(=O)c1c(Cl)cccc1NC1CC1. The van der Waals surface area contributed by atoms with Gasteiger partial charge in [-0.25, -0.2) is 13.6 Å². The number of rotatable bonds is 3.